The summed E-state index contributed by atoms with van der Waals surface area (Å²) in [4.78, 5) is 12.7. The van der Waals surface area contributed by atoms with Crippen LogP contribution >= 0.6 is 0 Å². The molecule has 0 radical (unpaired) electrons. The lowest BCUT2D eigenvalue weighted by molar-refractivity contribution is -0.128. The van der Waals surface area contributed by atoms with Gasteiger partial charge in [0.15, 0.2) is 0 Å². The molecule has 0 aliphatic carbocycles. The third-order valence-electron chi connectivity index (χ3n) is 1.87. The number of β-amino-alcohol motifs (C(OH)–C–C–N with tert-alkyl or cyclic N) is 1. The maximum absolute atomic E-state index is 11.0. The van der Waals surface area contributed by atoms with Gasteiger partial charge in [0.2, 0.25) is 5.91 Å². The van der Waals surface area contributed by atoms with Gasteiger partial charge in [-0.2, -0.15) is 0 Å². The smallest absolute Gasteiger partial charge is 0.222 e. The van der Waals surface area contributed by atoms with Crippen molar-refractivity contribution in [2.75, 3.05) is 19.6 Å². The van der Waals surface area contributed by atoms with Gasteiger partial charge in [-0.3, -0.25) is 4.79 Å². The number of carbonyl (C=O) groups excluding carboxylic acids is 1. The highest BCUT2D eigenvalue weighted by Gasteiger charge is 2.21. The number of hydrogen-bond acceptors (Lipinski definition) is 3. The Balaban J connectivity index is 2.30. The van der Waals surface area contributed by atoms with E-state index in [2.05, 4.69) is 0 Å². The number of carbonyl (C=O) groups is 1. The van der Waals surface area contributed by atoms with E-state index in [1.807, 2.05) is 0 Å². The fourth-order valence-corrected chi connectivity index (χ4v) is 1.23. The minimum absolute atomic E-state index is 0.137. The fourth-order valence-electron chi connectivity index (χ4n) is 1.23. The van der Waals surface area contributed by atoms with Crippen LogP contribution in [0.4, 0.5) is 0 Å². The van der Waals surface area contributed by atoms with Crippen molar-refractivity contribution in [1.82, 2.24) is 4.90 Å². The summed E-state index contributed by atoms with van der Waals surface area (Å²) in [7, 11) is 0. The first-order chi connectivity index (χ1) is 5.24. The molecule has 1 rings (SSSR count). The Morgan fingerprint density at radius 2 is 2.45 bits per heavy atom. The number of rotatable bonds is 3. The summed E-state index contributed by atoms with van der Waals surface area (Å²) in [6, 6.07) is 0. The van der Waals surface area contributed by atoms with E-state index in [0.29, 0.717) is 13.0 Å². The minimum atomic E-state index is -0.558. The molecule has 3 N–H and O–H groups in total. The van der Waals surface area contributed by atoms with Gasteiger partial charge in [0.1, 0.15) is 0 Å². The molecule has 4 nitrogen and oxygen atoms in total. The van der Waals surface area contributed by atoms with E-state index in [-0.39, 0.29) is 12.5 Å². The van der Waals surface area contributed by atoms with E-state index >= 15 is 0 Å². The van der Waals surface area contributed by atoms with Crippen molar-refractivity contribution >= 4 is 5.91 Å². The van der Waals surface area contributed by atoms with Crippen LogP contribution in [0.15, 0.2) is 0 Å². The second-order valence-corrected chi connectivity index (χ2v) is 2.83. The summed E-state index contributed by atoms with van der Waals surface area (Å²) in [5.41, 5.74) is 5.21. The second kappa shape index (κ2) is 3.69. The van der Waals surface area contributed by atoms with Crippen molar-refractivity contribution in [2.45, 2.75) is 18.9 Å². The summed E-state index contributed by atoms with van der Waals surface area (Å²) in [6.07, 6.45) is 0.977. The van der Waals surface area contributed by atoms with Crippen molar-refractivity contribution in [2.24, 2.45) is 5.73 Å². The number of likely N-dealkylation sites (tertiary alicyclic amines) is 1. The first-order valence-corrected chi connectivity index (χ1v) is 3.90. The molecule has 1 aliphatic rings. The number of amides is 1. The Morgan fingerprint density at radius 3 is 2.91 bits per heavy atom. The van der Waals surface area contributed by atoms with Gasteiger partial charge in [-0.25, -0.2) is 0 Å². The summed E-state index contributed by atoms with van der Waals surface area (Å²) >= 11 is 0. The molecule has 1 atom stereocenters. The number of aliphatic hydroxyl groups is 1. The first-order valence-electron chi connectivity index (χ1n) is 3.90. The topological polar surface area (TPSA) is 66.6 Å². The minimum Gasteiger partial charge on any atom is -0.390 e. The van der Waals surface area contributed by atoms with Crippen LogP contribution in [0.2, 0.25) is 0 Å². The molecule has 1 aliphatic heterocycles. The molecule has 4 heteroatoms. The van der Waals surface area contributed by atoms with Crippen LogP contribution in [0.5, 0.6) is 0 Å². The normalized spacial score (nSPS) is 20.9. The van der Waals surface area contributed by atoms with E-state index in [9.17, 15) is 4.79 Å². The molecule has 11 heavy (non-hydrogen) atoms. The van der Waals surface area contributed by atoms with Crippen LogP contribution in [-0.4, -0.2) is 41.7 Å². The van der Waals surface area contributed by atoms with Gasteiger partial charge in [0, 0.05) is 26.1 Å². The van der Waals surface area contributed by atoms with Gasteiger partial charge >= 0.3 is 0 Å². The maximum Gasteiger partial charge on any atom is 0.222 e. The second-order valence-electron chi connectivity index (χ2n) is 2.83. The van der Waals surface area contributed by atoms with Crippen LogP contribution in [0.3, 0.4) is 0 Å². The van der Waals surface area contributed by atoms with Gasteiger partial charge in [0.05, 0.1) is 6.10 Å². The highest BCUT2D eigenvalue weighted by Crippen LogP contribution is 2.09. The maximum atomic E-state index is 11.0. The predicted molar refractivity (Wildman–Crippen MR) is 40.9 cm³/mol. The van der Waals surface area contributed by atoms with Gasteiger partial charge in [0.25, 0.3) is 0 Å². The quantitative estimate of drug-likeness (QED) is 0.549. The summed E-state index contributed by atoms with van der Waals surface area (Å²) < 4.78 is 0. The lowest BCUT2D eigenvalue weighted by atomic mass is 10.3. The Hall–Kier alpha value is -0.610. The van der Waals surface area contributed by atoms with Crippen LogP contribution < -0.4 is 5.73 Å². The van der Waals surface area contributed by atoms with Crippen molar-refractivity contribution < 1.29 is 9.90 Å². The number of hydrogen-bond donors (Lipinski definition) is 2. The molecule has 1 fully saturated rings. The lowest BCUT2D eigenvalue weighted by Gasteiger charge is -2.18. The molecule has 1 saturated heterocycles. The largest absolute Gasteiger partial charge is 0.390 e. The Morgan fingerprint density at radius 1 is 1.73 bits per heavy atom. The summed E-state index contributed by atoms with van der Waals surface area (Å²) in [5.74, 6) is 0.137. The molecule has 0 aromatic heterocycles. The highest BCUT2D eigenvalue weighted by atomic mass is 16.3. The number of nitrogens with two attached hydrogens (primary N) is 1. The van der Waals surface area contributed by atoms with Crippen LogP contribution in [0, 0.1) is 0 Å². The van der Waals surface area contributed by atoms with E-state index in [1.54, 1.807) is 4.90 Å². The highest BCUT2D eigenvalue weighted by molar-refractivity contribution is 5.78. The molecule has 0 aromatic rings. The summed E-state index contributed by atoms with van der Waals surface area (Å²) in [5, 5.41) is 9.12. The van der Waals surface area contributed by atoms with Gasteiger partial charge < -0.3 is 15.7 Å². The monoisotopic (exact) mass is 158 g/mol. The van der Waals surface area contributed by atoms with Crippen molar-refractivity contribution in [3.63, 3.8) is 0 Å². The molecule has 0 saturated carbocycles. The lowest BCUT2D eigenvalue weighted by Crippen LogP contribution is -2.37. The standard InChI is InChI=1S/C7H14N2O2/c8-4-6(10)5-9-3-1-2-7(9)11/h6,10H,1-5,8H2/t6-/m0/s1. The SMILES string of the molecule is NC[C@H](O)CN1CCCC1=O. The van der Waals surface area contributed by atoms with Gasteiger partial charge in [-0.05, 0) is 6.42 Å². The molecular formula is C7H14N2O2. The molecule has 0 aromatic carbocycles. The zero-order valence-electron chi connectivity index (χ0n) is 6.49. The summed E-state index contributed by atoms with van der Waals surface area (Å²) in [6.45, 7) is 1.40. The molecule has 0 unspecified atom stereocenters. The zero-order valence-corrected chi connectivity index (χ0v) is 6.49. The Kier molecular flexibility index (Phi) is 2.84. The first kappa shape index (κ1) is 8.49. The fraction of sp³-hybridized carbons (Fsp3) is 0.857. The average molecular weight is 158 g/mol. The predicted octanol–water partition coefficient (Wildman–Crippen LogP) is -1.07. The Labute approximate surface area is 66.0 Å². The van der Waals surface area contributed by atoms with Crippen molar-refractivity contribution in [1.29, 1.82) is 0 Å². The third kappa shape index (κ3) is 2.17. The van der Waals surface area contributed by atoms with Crippen LogP contribution in [0.25, 0.3) is 0 Å². The molecular weight excluding hydrogens is 144 g/mol. The molecule has 1 heterocycles. The van der Waals surface area contributed by atoms with Crippen LogP contribution in [0.1, 0.15) is 12.8 Å². The average Bonchev–Trinajstić information content (AvgIpc) is 2.37. The zero-order chi connectivity index (χ0) is 8.27. The number of aliphatic hydroxyl groups excluding tert-OH is 1. The van der Waals surface area contributed by atoms with Gasteiger partial charge in [-0.1, -0.05) is 0 Å². The molecule has 0 spiro atoms. The van der Waals surface area contributed by atoms with E-state index in [4.69, 9.17) is 10.8 Å². The number of nitrogens with zero attached hydrogens (tertiary/aromatic N) is 1. The van der Waals surface area contributed by atoms with Gasteiger partial charge in [-0.15, -0.1) is 0 Å². The Bertz CT molecular complexity index is 149. The van der Waals surface area contributed by atoms with Crippen molar-refractivity contribution in [3.05, 3.63) is 0 Å². The van der Waals surface area contributed by atoms with Crippen LogP contribution in [-0.2, 0) is 4.79 Å². The molecule has 1 amide bonds. The van der Waals surface area contributed by atoms with E-state index in [1.165, 1.54) is 0 Å². The van der Waals surface area contributed by atoms with E-state index < -0.39 is 6.10 Å². The third-order valence-corrected chi connectivity index (χ3v) is 1.87. The molecule has 64 valence electrons. The van der Waals surface area contributed by atoms with Crippen molar-refractivity contribution in [3.8, 4) is 0 Å². The molecule has 0 bridgehead atoms. The van der Waals surface area contributed by atoms with E-state index in [0.717, 1.165) is 13.0 Å².